The SMILES string of the molecule is COC(=O)c1cc(N(Cc2ccc(Cl)nc2)C(=O)C2=C(C(=O)OC3CCCC3)CCCC2)c(Cl)cc1Cl. The minimum absolute atomic E-state index is 0.0640. The third-order valence-corrected chi connectivity index (χ3v) is 7.49. The molecule has 0 atom stereocenters. The molecule has 1 amide bonds. The van der Waals surface area contributed by atoms with Gasteiger partial charge in [0.15, 0.2) is 0 Å². The Hall–Kier alpha value is -2.61. The second kappa shape index (κ2) is 12.3. The third kappa shape index (κ3) is 6.46. The zero-order chi connectivity index (χ0) is 26.5. The van der Waals surface area contributed by atoms with Gasteiger partial charge in [0.05, 0.1) is 35.0 Å². The van der Waals surface area contributed by atoms with E-state index in [9.17, 15) is 14.4 Å². The van der Waals surface area contributed by atoms with Gasteiger partial charge in [-0.2, -0.15) is 0 Å². The van der Waals surface area contributed by atoms with Crippen LogP contribution in [0.1, 0.15) is 67.3 Å². The maximum absolute atomic E-state index is 14.1. The number of rotatable bonds is 7. The van der Waals surface area contributed by atoms with Gasteiger partial charge in [0.2, 0.25) is 0 Å². The standard InChI is InChI=1S/C27H27Cl3N2O5/c1-36-26(34)20-12-23(22(29)13-21(20)28)32(15-16-10-11-24(30)31-14-16)25(33)18-8-4-5-9-19(18)27(35)37-17-6-2-3-7-17/h10-14,17H,2-9,15H2,1H3. The van der Waals surface area contributed by atoms with Crippen molar-refractivity contribution in [1.29, 1.82) is 0 Å². The fourth-order valence-electron chi connectivity index (χ4n) is 4.72. The fraction of sp³-hybridized carbons (Fsp3) is 0.407. The minimum Gasteiger partial charge on any atom is -0.465 e. The number of pyridine rings is 1. The van der Waals surface area contributed by atoms with Gasteiger partial charge in [-0.05, 0) is 75.1 Å². The van der Waals surface area contributed by atoms with Gasteiger partial charge in [0.25, 0.3) is 5.91 Å². The van der Waals surface area contributed by atoms with Crippen LogP contribution in [0.2, 0.25) is 15.2 Å². The number of anilines is 1. The zero-order valence-corrected chi connectivity index (χ0v) is 22.7. The molecular weight excluding hydrogens is 539 g/mol. The Morgan fingerprint density at radius 1 is 0.946 bits per heavy atom. The lowest BCUT2D eigenvalue weighted by molar-refractivity contribution is -0.144. The van der Waals surface area contributed by atoms with Crippen LogP contribution in [0.15, 0.2) is 41.6 Å². The van der Waals surface area contributed by atoms with Crippen LogP contribution >= 0.6 is 34.8 Å². The summed E-state index contributed by atoms with van der Waals surface area (Å²) in [6.07, 6.45) is 7.64. The van der Waals surface area contributed by atoms with E-state index in [4.69, 9.17) is 44.3 Å². The molecule has 0 spiro atoms. The van der Waals surface area contributed by atoms with Crippen molar-refractivity contribution in [3.8, 4) is 0 Å². The quantitative estimate of drug-likeness (QED) is 0.274. The molecule has 0 saturated heterocycles. The van der Waals surface area contributed by atoms with Crippen molar-refractivity contribution in [1.82, 2.24) is 4.98 Å². The van der Waals surface area contributed by atoms with E-state index in [0.717, 1.165) is 38.5 Å². The van der Waals surface area contributed by atoms with Crippen LogP contribution in [-0.4, -0.2) is 36.0 Å². The average molecular weight is 566 g/mol. The topological polar surface area (TPSA) is 85.8 Å². The van der Waals surface area contributed by atoms with E-state index >= 15 is 0 Å². The first-order valence-electron chi connectivity index (χ1n) is 12.2. The van der Waals surface area contributed by atoms with E-state index in [1.54, 1.807) is 18.3 Å². The number of ether oxygens (including phenoxy) is 2. The number of hydrogen-bond donors (Lipinski definition) is 0. The molecule has 0 aliphatic heterocycles. The Bertz CT molecular complexity index is 1220. The number of carbonyl (C=O) groups excluding carboxylic acids is 3. The molecular formula is C27H27Cl3N2O5. The molecule has 1 aromatic carbocycles. The van der Waals surface area contributed by atoms with Gasteiger partial charge in [-0.25, -0.2) is 14.6 Å². The lowest BCUT2D eigenvalue weighted by atomic mass is 9.90. The predicted molar refractivity (Wildman–Crippen MR) is 142 cm³/mol. The molecule has 2 aromatic rings. The second-order valence-electron chi connectivity index (χ2n) is 9.13. The number of aromatic nitrogens is 1. The van der Waals surface area contributed by atoms with Crippen molar-refractivity contribution in [3.05, 3.63) is 67.9 Å². The Labute approximate surface area is 230 Å². The van der Waals surface area contributed by atoms with Crippen LogP contribution in [0.25, 0.3) is 0 Å². The van der Waals surface area contributed by atoms with E-state index in [0.29, 0.717) is 34.7 Å². The van der Waals surface area contributed by atoms with Crippen molar-refractivity contribution < 1.29 is 23.9 Å². The molecule has 2 aliphatic rings. The zero-order valence-electron chi connectivity index (χ0n) is 20.4. The summed E-state index contributed by atoms with van der Waals surface area (Å²) in [5.41, 5.74) is 1.79. The first kappa shape index (κ1) is 27.4. The number of esters is 2. The van der Waals surface area contributed by atoms with Gasteiger partial charge < -0.3 is 14.4 Å². The molecule has 2 aliphatic carbocycles. The molecule has 10 heteroatoms. The highest BCUT2D eigenvalue weighted by atomic mass is 35.5. The summed E-state index contributed by atoms with van der Waals surface area (Å²) < 4.78 is 10.6. The summed E-state index contributed by atoms with van der Waals surface area (Å²) >= 11 is 18.8. The molecule has 0 radical (unpaired) electrons. The van der Waals surface area contributed by atoms with Gasteiger partial charge in [0.1, 0.15) is 11.3 Å². The highest BCUT2D eigenvalue weighted by molar-refractivity contribution is 6.38. The first-order valence-corrected chi connectivity index (χ1v) is 13.3. The summed E-state index contributed by atoms with van der Waals surface area (Å²) in [5.74, 6) is -1.49. The molecule has 0 unspecified atom stereocenters. The van der Waals surface area contributed by atoms with Crippen LogP contribution in [0, 0.1) is 0 Å². The molecule has 1 fully saturated rings. The van der Waals surface area contributed by atoms with E-state index in [-0.39, 0.29) is 33.9 Å². The summed E-state index contributed by atoms with van der Waals surface area (Å²) in [4.78, 5) is 45.1. The number of hydrogen-bond acceptors (Lipinski definition) is 6. The van der Waals surface area contributed by atoms with E-state index < -0.39 is 17.8 Å². The van der Waals surface area contributed by atoms with Crippen molar-refractivity contribution in [2.75, 3.05) is 12.0 Å². The molecule has 1 heterocycles. The summed E-state index contributed by atoms with van der Waals surface area (Å²) in [6.45, 7) is 0.0689. The Balaban J connectivity index is 1.77. The summed E-state index contributed by atoms with van der Waals surface area (Å²) in [7, 11) is 1.24. The molecule has 1 saturated carbocycles. The van der Waals surface area contributed by atoms with Crippen molar-refractivity contribution in [3.63, 3.8) is 0 Å². The molecule has 196 valence electrons. The monoisotopic (exact) mass is 564 g/mol. The number of carbonyl (C=O) groups is 3. The first-order chi connectivity index (χ1) is 17.8. The molecule has 4 rings (SSSR count). The van der Waals surface area contributed by atoms with E-state index in [1.165, 1.54) is 24.1 Å². The normalized spacial score (nSPS) is 16.0. The predicted octanol–water partition coefficient (Wildman–Crippen LogP) is 6.72. The molecule has 37 heavy (non-hydrogen) atoms. The van der Waals surface area contributed by atoms with Crippen molar-refractivity contribution >= 4 is 58.3 Å². The molecule has 1 aromatic heterocycles. The largest absolute Gasteiger partial charge is 0.465 e. The van der Waals surface area contributed by atoms with Gasteiger partial charge in [0, 0.05) is 17.3 Å². The highest BCUT2D eigenvalue weighted by Crippen LogP contribution is 2.36. The van der Waals surface area contributed by atoms with Gasteiger partial charge in [-0.3, -0.25) is 4.79 Å². The smallest absolute Gasteiger partial charge is 0.339 e. The number of methoxy groups -OCH3 is 1. The van der Waals surface area contributed by atoms with Crippen LogP contribution < -0.4 is 4.90 Å². The van der Waals surface area contributed by atoms with Crippen LogP contribution in [-0.2, 0) is 25.6 Å². The summed E-state index contributed by atoms with van der Waals surface area (Å²) in [5, 5.41) is 0.573. The van der Waals surface area contributed by atoms with Crippen LogP contribution in [0.5, 0.6) is 0 Å². The number of amides is 1. The molecule has 0 bridgehead atoms. The van der Waals surface area contributed by atoms with Gasteiger partial charge >= 0.3 is 11.9 Å². The van der Waals surface area contributed by atoms with Crippen LogP contribution in [0.3, 0.4) is 0 Å². The van der Waals surface area contributed by atoms with Crippen LogP contribution in [0.4, 0.5) is 5.69 Å². The second-order valence-corrected chi connectivity index (χ2v) is 10.3. The third-order valence-electron chi connectivity index (χ3n) is 6.66. The highest BCUT2D eigenvalue weighted by Gasteiger charge is 2.32. The fourth-order valence-corrected chi connectivity index (χ4v) is 5.39. The van der Waals surface area contributed by atoms with Crippen molar-refractivity contribution in [2.45, 2.75) is 64.0 Å². The Kier molecular flexibility index (Phi) is 9.11. The number of benzene rings is 1. The number of halogens is 3. The lowest BCUT2D eigenvalue weighted by Gasteiger charge is -2.28. The van der Waals surface area contributed by atoms with Gasteiger partial charge in [-0.15, -0.1) is 0 Å². The van der Waals surface area contributed by atoms with E-state index in [2.05, 4.69) is 4.98 Å². The van der Waals surface area contributed by atoms with Gasteiger partial charge in [-0.1, -0.05) is 40.9 Å². The summed E-state index contributed by atoms with van der Waals surface area (Å²) in [6, 6.07) is 6.19. The maximum atomic E-state index is 14.1. The molecule has 7 nitrogen and oxygen atoms in total. The maximum Gasteiger partial charge on any atom is 0.339 e. The molecule has 0 N–H and O–H groups in total. The Morgan fingerprint density at radius 3 is 2.30 bits per heavy atom. The Morgan fingerprint density at radius 2 is 1.65 bits per heavy atom. The van der Waals surface area contributed by atoms with Crippen molar-refractivity contribution in [2.24, 2.45) is 0 Å². The average Bonchev–Trinajstić information content (AvgIpc) is 3.41. The van der Waals surface area contributed by atoms with E-state index in [1.807, 2.05) is 0 Å². The minimum atomic E-state index is -0.666. The lowest BCUT2D eigenvalue weighted by Crippen LogP contribution is -2.34. The number of nitrogens with zero attached hydrogens (tertiary/aromatic N) is 2.